The molecule has 1 N–H and O–H groups in total. The summed E-state index contributed by atoms with van der Waals surface area (Å²) in [5.41, 5.74) is 1.35. The highest BCUT2D eigenvalue weighted by atomic mass is 127. The van der Waals surface area contributed by atoms with Crippen LogP contribution >= 0.6 is 22.6 Å². The van der Waals surface area contributed by atoms with Gasteiger partial charge in [-0.05, 0) is 24.3 Å². The van der Waals surface area contributed by atoms with Crippen molar-refractivity contribution in [3.63, 3.8) is 0 Å². The van der Waals surface area contributed by atoms with Crippen molar-refractivity contribution < 1.29 is 19.2 Å². The molecule has 116 valence electrons. The molecule has 0 radical (unpaired) electrons. The first kappa shape index (κ1) is 16.5. The number of allylic oxidation sites excluding steroid dienone is 1. The Morgan fingerprint density at radius 2 is 2.05 bits per heavy atom. The number of benzene rings is 1. The quantitative estimate of drug-likeness (QED) is 0.607. The summed E-state index contributed by atoms with van der Waals surface area (Å²) >= 11 is 1.96. The Bertz CT molecular complexity index is 627. The third-order valence-corrected chi connectivity index (χ3v) is 3.84. The van der Waals surface area contributed by atoms with Gasteiger partial charge in [0.15, 0.2) is 0 Å². The Labute approximate surface area is 141 Å². The molecule has 1 saturated heterocycles. The Hall–Kier alpha value is -1.90. The maximum Gasteiger partial charge on any atom is 0.363 e. The fourth-order valence-electron chi connectivity index (χ4n) is 2.01. The molecule has 0 bridgehead atoms. The third kappa shape index (κ3) is 3.65. The summed E-state index contributed by atoms with van der Waals surface area (Å²) in [5.74, 6) is -1.27. The third-order valence-electron chi connectivity index (χ3n) is 3.15. The summed E-state index contributed by atoms with van der Waals surface area (Å²) in [7, 11) is 0. The topological polar surface area (TPSA) is 75.7 Å². The van der Waals surface area contributed by atoms with Crippen LogP contribution in [0.4, 0.5) is 5.69 Å². The van der Waals surface area contributed by atoms with E-state index in [9.17, 15) is 14.4 Å². The average Bonchev–Trinajstić information content (AvgIpc) is 2.74. The molecule has 1 aliphatic rings. The molecule has 0 aromatic heterocycles. The SMILES string of the molecule is C=C1CC(C)C(=O)N1OC(=O)c1ccc(NC(=O)CI)cc1. The van der Waals surface area contributed by atoms with Crippen LogP contribution in [0.25, 0.3) is 0 Å². The summed E-state index contributed by atoms with van der Waals surface area (Å²) in [6.07, 6.45) is 0.480. The molecule has 2 rings (SSSR count). The fraction of sp³-hybridized carbons (Fsp3) is 0.267. The molecule has 1 fully saturated rings. The van der Waals surface area contributed by atoms with Crippen LogP contribution in [0.5, 0.6) is 0 Å². The van der Waals surface area contributed by atoms with Crippen LogP contribution in [0.1, 0.15) is 23.7 Å². The zero-order valence-corrected chi connectivity index (χ0v) is 14.1. The number of nitrogens with one attached hydrogen (secondary N) is 1. The number of nitrogens with zero attached hydrogens (tertiary/aromatic N) is 1. The van der Waals surface area contributed by atoms with Gasteiger partial charge in [-0.3, -0.25) is 9.59 Å². The van der Waals surface area contributed by atoms with Gasteiger partial charge in [0, 0.05) is 18.0 Å². The largest absolute Gasteiger partial charge is 0.363 e. The lowest BCUT2D eigenvalue weighted by Gasteiger charge is -2.16. The predicted molar refractivity (Wildman–Crippen MR) is 89.1 cm³/mol. The van der Waals surface area contributed by atoms with E-state index in [1.807, 2.05) is 22.6 Å². The number of rotatable bonds is 4. The van der Waals surface area contributed by atoms with Crippen molar-refractivity contribution in [2.45, 2.75) is 13.3 Å². The van der Waals surface area contributed by atoms with Gasteiger partial charge in [0.2, 0.25) is 5.91 Å². The molecule has 1 unspecified atom stereocenters. The van der Waals surface area contributed by atoms with E-state index in [-0.39, 0.29) is 23.3 Å². The maximum absolute atomic E-state index is 12.0. The average molecular weight is 414 g/mol. The number of amides is 2. The van der Waals surface area contributed by atoms with E-state index in [4.69, 9.17) is 4.84 Å². The van der Waals surface area contributed by atoms with Crippen LogP contribution < -0.4 is 5.32 Å². The highest BCUT2D eigenvalue weighted by molar-refractivity contribution is 14.1. The molecule has 1 aromatic rings. The van der Waals surface area contributed by atoms with Gasteiger partial charge in [-0.2, -0.15) is 0 Å². The number of carbonyl (C=O) groups excluding carboxylic acids is 3. The van der Waals surface area contributed by atoms with Gasteiger partial charge in [0.1, 0.15) is 0 Å². The first-order chi connectivity index (χ1) is 10.4. The molecule has 1 atom stereocenters. The molecule has 1 aliphatic heterocycles. The van der Waals surface area contributed by atoms with Gasteiger partial charge in [-0.25, -0.2) is 4.79 Å². The number of hydrogen-bond acceptors (Lipinski definition) is 4. The second kappa shape index (κ2) is 6.91. The first-order valence-corrected chi connectivity index (χ1v) is 8.15. The van der Waals surface area contributed by atoms with Crippen molar-refractivity contribution in [1.29, 1.82) is 0 Å². The van der Waals surface area contributed by atoms with Gasteiger partial charge in [0.05, 0.1) is 15.7 Å². The molecular formula is C15H15IN2O4. The molecule has 0 spiro atoms. The molecule has 2 amide bonds. The van der Waals surface area contributed by atoms with Crippen molar-refractivity contribution in [1.82, 2.24) is 5.06 Å². The van der Waals surface area contributed by atoms with Crippen molar-refractivity contribution in [3.8, 4) is 0 Å². The molecule has 0 saturated carbocycles. The summed E-state index contributed by atoms with van der Waals surface area (Å²) in [6.45, 7) is 5.47. The van der Waals surface area contributed by atoms with Gasteiger partial charge in [0.25, 0.3) is 5.91 Å². The number of anilines is 1. The predicted octanol–water partition coefficient (Wildman–Crippen LogP) is 2.51. The first-order valence-electron chi connectivity index (χ1n) is 6.62. The second-order valence-electron chi connectivity index (χ2n) is 4.94. The van der Waals surface area contributed by atoms with E-state index in [1.165, 1.54) is 12.1 Å². The molecule has 0 aliphatic carbocycles. The Balaban J connectivity index is 2.03. The minimum atomic E-state index is -0.643. The van der Waals surface area contributed by atoms with Crippen LogP contribution in [0.3, 0.4) is 0 Å². The summed E-state index contributed by atoms with van der Waals surface area (Å²) < 4.78 is 0.346. The zero-order chi connectivity index (χ0) is 16.3. The van der Waals surface area contributed by atoms with Gasteiger partial charge in [-0.15, -0.1) is 5.06 Å². The van der Waals surface area contributed by atoms with Crippen molar-refractivity contribution in [2.24, 2.45) is 5.92 Å². The standard InChI is InChI=1S/C15H15IN2O4/c1-9-7-10(2)18(14(9)20)22-15(21)11-3-5-12(6-4-11)17-13(19)8-16/h3-6,9H,2,7-8H2,1H3,(H,17,19). The maximum atomic E-state index is 12.0. The summed E-state index contributed by atoms with van der Waals surface area (Å²) in [4.78, 5) is 40.2. The molecule has 1 heterocycles. The van der Waals surface area contributed by atoms with E-state index in [0.29, 0.717) is 22.2 Å². The minimum Gasteiger partial charge on any atom is -0.328 e. The van der Waals surface area contributed by atoms with Crippen molar-refractivity contribution in [3.05, 3.63) is 42.1 Å². The monoisotopic (exact) mass is 414 g/mol. The van der Waals surface area contributed by atoms with Crippen LogP contribution in [-0.2, 0) is 14.4 Å². The van der Waals surface area contributed by atoms with E-state index >= 15 is 0 Å². The van der Waals surface area contributed by atoms with Crippen molar-refractivity contribution >= 4 is 46.1 Å². The molecule has 1 aromatic carbocycles. The Kier molecular flexibility index (Phi) is 5.17. The van der Waals surface area contributed by atoms with Crippen molar-refractivity contribution in [2.75, 3.05) is 9.74 Å². The zero-order valence-electron chi connectivity index (χ0n) is 12.0. The summed E-state index contributed by atoms with van der Waals surface area (Å²) in [6, 6.07) is 6.25. The van der Waals surface area contributed by atoms with Gasteiger partial charge in [-0.1, -0.05) is 36.1 Å². The van der Waals surface area contributed by atoms with Crippen LogP contribution in [-0.4, -0.2) is 27.3 Å². The molecule has 7 heteroatoms. The van der Waals surface area contributed by atoms with E-state index < -0.39 is 5.97 Å². The number of hydroxylamine groups is 2. The molecule has 6 nitrogen and oxygen atoms in total. The lowest BCUT2D eigenvalue weighted by molar-refractivity contribution is -0.156. The highest BCUT2D eigenvalue weighted by Crippen LogP contribution is 2.27. The van der Waals surface area contributed by atoms with Crippen LogP contribution in [0, 0.1) is 5.92 Å². The number of alkyl halides is 1. The fourth-order valence-corrected chi connectivity index (χ4v) is 2.20. The molecule has 22 heavy (non-hydrogen) atoms. The highest BCUT2D eigenvalue weighted by Gasteiger charge is 2.34. The minimum absolute atomic E-state index is 0.121. The lowest BCUT2D eigenvalue weighted by Crippen LogP contribution is -2.28. The normalized spacial score (nSPS) is 17.5. The van der Waals surface area contributed by atoms with E-state index in [0.717, 1.165) is 5.06 Å². The Morgan fingerprint density at radius 3 is 2.55 bits per heavy atom. The van der Waals surface area contributed by atoms with Gasteiger partial charge < -0.3 is 10.2 Å². The summed E-state index contributed by atoms with van der Waals surface area (Å²) in [5, 5.41) is 3.63. The Morgan fingerprint density at radius 1 is 1.41 bits per heavy atom. The number of carbonyl (C=O) groups is 3. The number of hydrogen-bond donors (Lipinski definition) is 1. The van der Waals surface area contributed by atoms with Crippen LogP contribution in [0.15, 0.2) is 36.5 Å². The lowest BCUT2D eigenvalue weighted by atomic mass is 10.1. The molecular weight excluding hydrogens is 399 g/mol. The van der Waals surface area contributed by atoms with Gasteiger partial charge >= 0.3 is 5.97 Å². The van der Waals surface area contributed by atoms with E-state index in [1.54, 1.807) is 19.1 Å². The van der Waals surface area contributed by atoms with E-state index in [2.05, 4.69) is 11.9 Å². The second-order valence-corrected chi connectivity index (χ2v) is 5.70. The van der Waals surface area contributed by atoms with Crippen LogP contribution in [0.2, 0.25) is 0 Å². The smallest absolute Gasteiger partial charge is 0.328 e. The number of halogens is 1.